The first-order valence-corrected chi connectivity index (χ1v) is 12.1. The summed E-state index contributed by atoms with van der Waals surface area (Å²) in [6.07, 6.45) is 1.42. The van der Waals surface area contributed by atoms with E-state index in [0.717, 1.165) is 33.5 Å². The highest BCUT2D eigenvalue weighted by molar-refractivity contribution is 5.93. The fourth-order valence-corrected chi connectivity index (χ4v) is 4.75. The predicted molar refractivity (Wildman–Crippen MR) is 142 cm³/mol. The van der Waals surface area contributed by atoms with Gasteiger partial charge in [0.25, 0.3) is 0 Å². The van der Waals surface area contributed by atoms with Crippen LogP contribution < -0.4 is 20.9 Å². The maximum absolute atomic E-state index is 11.4. The number of hydrogen-bond acceptors (Lipinski definition) is 7. The van der Waals surface area contributed by atoms with Gasteiger partial charge in [0.1, 0.15) is 41.2 Å². The summed E-state index contributed by atoms with van der Waals surface area (Å²) in [6.45, 7) is 2.79. The molecule has 1 aliphatic rings. The first-order chi connectivity index (χ1) is 18.5. The molecule has 2 aromatic heterocycles. The second-order valence-corrected chi connectivity index (χ2v) is 9.03. The maximum atomic E-state index is 11.4. The fourth-order valence-electron chi connectivity index (χ4n) is 4.75. The van der Waals surface area contributed by atoms with Gasteiger partial charge < -0.3 is 30.2 Å². The highest BCUT2D eigenvalue weighted by Gasteiger charge is 2.30. The first-order valence-electron chi connectivity index (χ1n) is 12.1. The molecule has 1 atom stereocenters. The van der Waals surface area contributed by atoms with E-state index < -0.39 is 5.91 Å². The van der Waals surface area contributed by atoms with Gasteiger partial charge >= 0.3 is 0 Å². The molecule has 0 fully saturated rings. The van der Waals surface area contributed by atoms with Crippen LogP contribution in [-0.2, 0) is 18.0 Å². The van der Waals surface area contributed by atoms with E-state index in [4.69, 9.17) is 25.7 Å². The van der Waals surface area contributed by atoms with Crippen molar-refractivity contribution in [1.29, 1.82) is 0 Å². The molecule has 3 heterocycles. The average Bonchev–Trinajstić information content (AvgIpc) is 3.47. The molecule has 5 aromatic rings. The minimum absolute atomic E-state index is 0.0627. The molecule has 1 unspecified atom stereocenters. The molecule has 0 spiro atoms. The van der Waals surface area contributed by atoms with E-state index in [-0.39, 0.29) is 6.10 Å². The molecule has 0 radical (unpaired) electrons. The Bertz CT molecular complexity index is 1660. The number of rotatable bonds is 7. The van der Waals surface area contributed by atoms with Crippen LogP contribution in [0, 0.1) is 0 Å². The average molecular weight is 508 g/mol. The number of nitrogens with zero attached hydrogens (tertiary/aromatic N) is 3. The number of ether oxygens (including phenoxy) is 3. The lowest BCUT2D eigenvalue weighted by Crippen LogP contribution is -2.11. The summed E-state index contributed by atoms with van der Waals surface area (Å²) < 4.78 is 19.9. The number of carbonyl (C=O) groups is 1. The van der Waals surface area contributed by atoms with Crippen molar-refractivity contribution in [2.75, 3.05) is 5.73 Å². The smallest absolute Gasteiger partial charge is 0.248 e. The van der Waals surface area contributed by atoms with Crippen molar-refractivity contribution in [1.82, 2.24) is 14.5 Å². The molecule has 6 rings (SSSR count). The molecule has 9 nitrogen and oxygen atoms in total. The Labute approximate surface area is 218 Å². The topological polar surface area (TPSA) is 128 Å². The lowest BCUT2D eigenvalue weighted by Gasteiger charge is -2.12. The van der Waals surface area contributed by atoms with Crippen LogP contribution in [0.1, 0.15) is 40.2 Å². The largest absolute Gasteiger partial charge is 0.489 e. The molecule has 4 N–H and O–H groups in total. The first kappa shape index (κ1) is 23.5. The molecule has 9 heteroatoms. The zero-order valence-corrected chi connectivity index (χ0v) is 20.6. The number of aromatic nitrogens is 3. The predicted octanol–water partition coefficient (Wildman–Crippen LogP) is 5.06. The van der Waals surface area contributed by atoms with Gasteiger partial charge in [0.15, 0.2) is 5.82 Å². The molecule has 1 aliphatic heterocycles. The lowest BCUT2D eigenvalue weighted by atomic mass is 10.1. The van der Waals surface area contributed by atoms with Crippen molar-refractivity contribution >= 4 is 22.8 Å². The third-order valence-electron chi connectivity index (χ3n) is 6.54. The second-order valence-electron chi connectivity index (χ2n) is 9.03. The zero-order chi connectivity index (χ0) is 26.2. The number of anilines is 1. The summed E-state index contributed by atoms with van der Waals surface area (Å²) in [4.78, 5) is 20.1. The van der Waals surface area contributed by atoms with Gasteiger partial charge in [0.2, 0.25) is 5.91 Å². The molecule has 0 aliphatic carbocycles. The Hall–Kier alpha value is -4.89. The Morgan fingerprint density at radius 3 is 2.63 bits per heavy atom. The lowest BCUT2D eigenvalue weighted by molar-refractivity contribution is 0.0783. The van der Waals surface area contributed by atoms with E-state index in [0.29, 0.717) is 41.8 Å². The van der Waals surface area contributed by atoms with Crippen LogP contribution in [0.2, 0.25) is 0 Å². The number of carbonyl (C=O) groups excluding carboxylic acids is 1. The second kappa shape index (κ2) is 9.53. The SMILES string of the molecule is CC1OCc2c1c1ncnc(N)c1n2-c1ccc(Oc2cccc(OCc3cccc(C(N)=O)c3)c2)cc1. The van der Waals surface area contributed by atoms with E-state index in [9.17, 15) is 4.79 Å². The summed E-state index contributed by atoms with van der Waals surface area (Å²) in [5.74, 6) is 1.90. The minimum atomic E-state index is -0.470. The molecule has 0 bridgehead atoms. The van der Waals surface area contributed by atoms with Crippen molar-refractivity contribution in [3.8, 4) is 22.9 Å². The molecule has 3 aromatic carbocycles. The van der Waals surface area contributed by atoms with Crippen LogP contribution in [0.15, 0.2) is 79.1 Å². The van der Waals surface area contributed by atoms with E-state index in [1.165, 1.54) is 6.33 Å². The zero-order valence-electron chi connectivity index (χ0n) is 20.6. The van der Waals surface area contributed by atoms with Crippen LogP contribution in [-0.4, -0.2) is 20.4 Å². The Balaban J connectivity index is 1.21. The number of hydrogen-bond donors (Lipinski definition) is 2. The van der Waals surface area contributed by atoms with Gasteiger partial charge in [-0.05, 0) is 61.0 Å². The van der Waals surface area contributed by atoms with E-state index in [1.807, 2.05) is 61.5 Å². The van der Waals surface area contributed by atoms with Gasteiger partial charge in [-0.3, -0.25) is 4.79 Å². The normalized spacial score (nSPS) is 14.4. The Kier molecular flexibility index (Phi) is 5.89. The quantitative estimate of drug-likeness (QED) is 0.315. The monoisotopic (exact) mass is 507 g/mol. The molecule has 1 amide bonds. The van der Waals surface area contributed by atoms with Crippen molar-refractivity contribution in [2.24, 2.45) is 5.73 Å². The standard InChI is InChI=1S/C29H25N5O4/c1-17-25-24(15-36-17)34(27-26(25)32-16-33-28(27)30)20-8-10-21(11-9-20)38-23-7-3-6-22(13-23)37-14-18-4-2-5-19(12-18)29(31)35/h2-13,16-17H,14-15H2,1H3,(H2,31,35)(H2,30,32,33). The van der Waals surface area contributed by atoms with Crippen LogP contribution in [0.3, 0.4) is 0 Å². The number of benzene rings is 3. The maximum Gasteiger partial charge on any atom is 0.248 e. The summed E-state index contributed by atoms with van der Waals surface area (Å²) in [7, 11) is 0. The van der Waals surface area contributed by atoms with Crippen LogP contribution in [0.4, 0.5) is 5.82 Å². The Morgan fingerprint density at radius 1 is 1.03 bits per heavy atom. The molecular formula is C29H25N5O4. The van der Waals surface area contributed by atoms with Gasteiger partial charge in [-0.15, -0.1) is 0 Å². The van der Waals surface area contributed by atoms with Gasteiger partial charge in [-0.1, -0.05) is 18.2 Å². The fraction of sp³-hybridized carbons (Fsp3) is 0.138. The third kappa shape index (κ3) is 4.29. The highest BCUT2D eigenvalue weighted by Crippen LogP contribution is 2.41. The molecule has 0 saturated carbocycles. The molecule has 38 heavy (non-hydrogen) atoms. The number of amides is 1. The van der Waals surface area contributed by atoms with Crippen LogP contribution in [0.5, 0.6) is 17.2 Å². The third-order valence-corrected chi connectivity index (χ3v) is 6.54. The summed E-state index contributed by atoms with van der Waals surface area (Å²) in [5, 5.41) is 0. The van der Waals surface area contributed by atoms with Crippen molar-refractivity contribution in [3.05, 3.63) is 102 Å². The number of nitrogen functional groups attached to an aromatic ring is 1. The van der Waals surface area contributed by atoms with E-state index >= 15 is 0 Å². The van der Waals surface area contributed by atoms with Crippen molar-refractivity contribution in [2.45, 2.75) is 26.2 Å². The number of nitrogens with two attached hydrogens (primary N) is 2. The number of primary amides is 1. The van der Waals surface area contributed by atoms with Gasteiger partial charge in [-0.25, -0.2) is 9.97 Å². The molecule has 190 valence electrons. The van der Waals surface area contributed by atoms with Gasteiger partial charge in [0.05, 0.1) is 18.4 Å². The molecular weight excluding hydrogens is 482 g/mol. The minimum Gasteiger partial charge on any atom is -0.489 e. The summed E-state index contributed by atoms with van der Waals surface area (Å²) >= 11 is 0. The van der Waals surface area contributed by atoms with Crippen LogP contribution in [0.25, 0.3) is 16.7 Å². The molecule has 0 saturated heterocycles. The van der Waals surface area contributed by atoms with E-state index in [1.54, 1.807) is 18.2 Å². The number of fused-ring (bicyclic) bond motifs is 3. The Morgan fingerprint density at radius 2 is 1.82 bits per heavy atom. The summed E-state index contributed by atoms with van der Waals surface area (Å²) in [6, 6.07) is 22.2. The van der Waals surface area contributed by atoms with Crippen molar-refractivity contribution in [3.63, 3.8) is 0 Å². The van der Waals surface area contributed by atoms with E-state index in [2.05, 4.69) is 14.5 Å². The van der Waals surface area contributed by atoms with Crippen molar-refractivity contribution < 1.29 is 19.0 Å². The summed E-state index contributed by atoms with van der Waals surface area (Å²) in [5.41, 5.74) is 17.5. The van der Waals surface area contributed by atoms with Gasteiger partial charge in [-0.2, -0.15) is 0 Å². The highest BCUT2D eigenvalue weighted by atomic mass is 16.5. The van der Waals surface area contributed by atoms with Crippen LogP contribution >= 0.6 is 0 Å². The van der Waals surface area contributed by atoms with Gasteiger partial charge in [0, 0.05) is 22.9 Å².